The molecule has 19 heavy (non-hydrogen) atoms. The third kappa shape index (κ3) is 3.58. The van der Waals surface area contributed by atoms with E-state index in [4.69, 9.17) is 0 Å². The fourth-order valence-corrected chi connectivity index (χ4v) is 3.41. The summed E-state index contributed by atoms with van der Waals surface area (Å²) in [6, 6.07) is 11.3. The summed E-state index contributed by atoms with van der Waals surface area (Å²) >= 11 is 1.70. The Morgan fingerprint density at radius 3 is 2.63 bits per heavy atom. The number of sulfone groups is 1. The first-order valence-corrected chi connectivity index (χ1v) is 8.88. The molecule has 0 saturated heterocycles. The number of benzene rings is 1. The second kappa shape index (κ2) is 5.75. The van der Waals surface area contributed by atoms with E-state index in [9.17, 15) is 8.42 Å². The first-order chi connectivity index (χ1) is 9.00. The molecule has 0 bridgehead atoms. The fraction of sp³-hybridized carbons (Fsp3) is 0.286. The van der Waals surface area contributed by atoms with Crippen molar-refractivity contribution in [2.45, 2.75) is 24.3 Å². The lowest BCUT2D eigenvalue weighted by Gasteiger charge is -2.17. The van der Waals surface area contributed by atoms with Crippen molar-refractivity contribution in [3.63, 3.8) is 0 Å². The molecule has 1 heterocycles. The number of nitrogens with one attached hydrogen (secondary N) is 1. The van der Waals surface area contributed by atoms with Crippen molar-refractivity contribution >= 4 is 26.9 Å². The van der Waals surface area contributed by atoms with E-state index < -0.39 is 9.84 Å². The summed E-state index contributed by atoms with van der Waals surface area (Å²) in [7, 11) is -3.16. The molecule has 0 aliphatic carbocycles. The third-order valence-electron chi connectivity index (χ3n) is 2.90. The van der Waals surface area contributed by atoms with Gasteiger partial charge >= 0.3 is 0 Å². The molecular formula is C14H17NO2S2. The van der Waals surface area contributed by atoms with Crippen molar-refractivity contribution in [3.05, 3.63) is 46.7 Å². The Morgan fingerprint density at radius 2 is 2.05 bits per heavy atom. The average molecular weight is 295 g/mol. The van der Waals surface area contributed by atoms with Gasteiger partial charge in [0, 0.05) is 16.8 Å². The van der Waals surface area contributed by atoms with E-state index in [1.54, 1.807) is 29.5 Å². The minimum atomic E-state index is -3.16. The molecule has 1 aromatic heterocycles. The summed E-state index contributed by atoms with van der Waals surface area (Å²) < 4.78 is 23.1. The molecule has 102 valence electrons. The van der Waals surface area contributed by atoms with Gasteiger partial charge in [-0.05, 0) is 36.1 Å². The van der Waals surface area contributed by atoms with Crippen LogP contribution in [0.5, 0.6) is 0 Å². The first kappa shape index (κ1) is 14.1. The van der Waals surface area contributed by atoms with Crippen LogP contribution in [0.2, 0.25) is 0 Å². The molecule has 0 amide bonds. The molecule has 1 atom stereocenters. The molecule has 0 saturated carbocycles. The predicted molar refractivity (Wildman–Crippen MR) is 80.5 cm³/mol. The first-order valence-electron chi connectivity index (χ1n) is 6.10. The maximum atomic E-state index is 11.5. The van der Waals surface area contributed by atoms with Gasteiger partial charge in [-0.1, -0.05) is 19.1 Å². The number of anilines is 1. The zero-order valence-electron chi connectivity index (χ0n) is 11.0. The largest absolute Gasteiger partial charge is 0.377 e. The maximum absolute atomic E-state index is 11.5. The van der Waals surface area contributed by atoms with Crippen LogP contribution >= 0.6 is 11.3 Å². The molecule has 1 aromatic carbocycles. The second-order valence-electron chi connectivity index (χ2n) is 4.42. The lowest BCUT2D eigenvalue weighted by molar-refractivity contribution is 0.602. The van der Waals surface area contributed by atoms with Gasteiger partial charge in [0.15, 0.2) is 9.84 Å². The van der Waals surface area contributed by atoms with Gasteiger partial charge in [-0.25, -0.2) is 8.42 Å². The van der Waals surface area contributed by atoms with Crippen molar-refractivity contribution in [3.8, 4) is 0 Å². The van der Waals surface area contributed by atoms with Gasteiger partial charge in [0.25, 0.3) is 0 Å². The summed E-state index contributed by atoms with van der Waals surface area (Å²) in [4.78, 5) is 1.60. The predicted octanol–water partition coefficient (Wildman–Crippen LogP) is 3.71. The third-order valence-corrected chi connectivity index (χ3v) is 4.99. The SMILES string of the molecule is CCC(Nc1cccc(S(C)(=O)=O)c1)c1cccs1. The Bertz CT molecular complexity index is 633. The molecule has 3 nitrogen and oxygen atoms in total. The minimum Gasteiger partial charge on any atom is -0.377 e. The summed E-state index contributed by atoms with van der Waals surface area (Å²) in [5.41, 5.74) is 0.836. The van der Waals surface area contributed by atoms with E-state index in [0.717, 1.165) is 12.1 Å². The monoisotopic (exact) mass is 295 g/mol. The second-order valence-corrected chi connectivity index (χ2v) is 7.42. The molecule has 0 aliphatic heterocycles. The zero-order chi connectivity index (χ0) is 13.9. The highest BCUT2D eigenvalue weighted by molar-refractivity contribution is 7.90. The molecule has 0 radical (unpaired) electrons. The van der Waals surface area contributed by atoms with Crippen LogP contribution in [0.3, 0.4) is 0 Å². The molecule has 2 rings (SSSR count). The maximum Gasteiger partial charge on any atom is 0.175 e. The lowest BCUT2D eigenvalue weighted by atomic mass is 10.1. The minimum absolute atomic E-state index is 0.217. The van der Waals surface area contributed by atoms with Crippen molar-refractivity contribution in [1.82, 2.24) is 0 Å². The van der Waals surface area contributed by atoms with Crippen molar-refractivity contribution in [2.75, 3.05) is 11.6 Å². The van der Waals surface area contributed by atoms with Crippen LogP contribution < -0.4 is 5.32 Å². The van der Waals surface area contributed by atoms with E-state index in [2.05, 4.69) is 18.3 Å². The standard InChI is InChI=1S/C14H17NO2S2/c1-3-13(14-8-5-9-18-14)15-11-6-4-7-12(10-11)19(2,16)17/h4-10,13,15H,3H2,1-2H3. The number of hydrogen-bond acceptors (Lipinski definition) is 4. The normalized spacial score (nSPS) is 13.2. The van der Waals surface area contributed by atoms with Gasteiger partial charge in [-0.15, -0.1) is 11.3 Å². The highest BCUT2D eigenvalue weighted by Crippen LogP contribution is 2.27. The van der Waals surface area contributed by atoms with Crippen LogP contribution in [-0.4, -0.2) is 14.7 Å². The highest BCUT2D eigenvalue weighted by atomic mass is 32.2. The van der Waals surface area contributed by atoms with E-state index in [-0.39, 0.29) is 6.04 Å². The fourth-order valence-electron chi connectivity index (χ4n) is 1.88. The van der Waals surface area contributed by atoms with E-state index >= 15 is 0 Å². The van der Waals surface area contributed by atoms with Crippen LogP contribution in [0.1, 0.15) is 24.3 Å². The highest BCUT2D eigenvalue weighted by Gasteiger charge is 2.12. The average Bonchev–Trinajstić information content (AvgIpc) is 2.89. The van der Waals surface area contributed by atoms with Gasteiger partial charge in [-0.2, -0.15) is 0 Å². The summed E-state index contributed by atoms with van der Waals surface area (Å²) in [5.74, 6) is 0. The van der Waals surface area contributed by atoms with Crippen LogP contribution in [-0.2, 0) is 9.84 Å². The molecule has 0 fully saturated rings. The Hall–Kier alpha value is -1.33. The van der Waals surface area contributed by atoms with Gasteiger partial charge in [0.1, 0.15) is 0 Å². The molecular weight excluding hydrogens is 278 g/mol. The lowest BCUT2D eigenvalue weighted by Crippen LogP contribution is -2.08. The van der Waals surface area contributed by atoms with Crippen molar-refractivity contribution in [2.24, 2.45) is 0 Å². The zero-order valence-corrected chi connectivity index (χ0v) is 12.6. The van der Waals surface area contributed by atoms with Gasteiger partial charge in [0.2, 0.25) is 0 Å². The van der Waals surface area contributed by atoms with Crippen LogP contribution in [0.25, 0.3) is 0 Å². The summed E-state index contributed by atoms with van der Waals surface area (Å²) in [5, 5.41) is 5.44. The van der Waals surface area contributed by atoms with Gasteiger partial charge in [-0.3, -0.25) is 0 Å². The van der Waals surface area contributed by atoms with Crippen LogP contribution in [0.4, 0.5) is 5.69 Å². The Balaban J connectivity index is 2.23. The Morgan fingerprint density at radius 1 is 1.26 bits per heavy atom. The quantitative estimate of drug-likeness (QED) is 0.914. The topological polar surface area (TPSA) is 46.2 Å². The number of hydrogen-bond donors (Lipinski definition) is 1. The van der Waals surface area contributed by atoms with E-state index in [1.165, 1.54) is 11.1 Å². The van der Waals surface area contributed by atoms with Crippen LogP contribution in [0.15, 0.2) is 46.7 Å². The van der Waals surface area contributed by atoms with Gasteiger partial charge < -0.3 is 5.32 Å². The van der Waals surface area contributed by atoms with Crippen LogP contribution in [0, 0.1) is 0 Å². The van der Waals surface area contributed by atoms with Crippen molar-refractivity contribution < 1.29 is 8.42 Å². The number of rotatable bonds is 5. The molecule has 1 N–H and O–H groups in total. The molecule has 5 heteroatoms. The molecule has 0 aliphatic rings. The Labute approximate surface area is 118 Å². The molecule has 0 spiro atoms. The van der Waals surface area contributed by atoms with Crippen molar-refractivity contribution in [1.29, 1.82) is 0 Å². The van der Waals surface area contributed by atoms with E-state index in [0.29, 0.717) is 4.90 Å². The molecule has 2 aromatic rings. The molecule has 1 unspecified atom stereocenters. The Kier molecular flexibility index (Phi) is 4.27. The summed E-state index contributed by atoms with van der Waals surface area (Å²) in [6.45, 7) is 2.11. The summed E-state index contributed by atoms with van der Waals surface area (Å²) in [6.07, 6.45) is 2.17. The van der Waals surface area contributed by atoms with E-state index in [1.807, 2.05) is 17.5 Å². The smallest absolute Gasteiger partial charge is 0.175 e. The van der Waals surface area contributed by atoms with Gasteiger partial charge in [0.05, 0.1) is 10.9 Å². The number of thiophene rings is 1.